The highest BCUT2D eigenvalue weighted by Gasteiger charge is 2.01. The van der Waals surface area contributed by atoms with Gasteiger partial charge in [0, 0.05) is 18.8 Å². The second-order valence-corrected chi connectivity index (χ2v) is 5.39. The first-order valence-corrected chi connectivity index (χ1v) is 7.51. The average molecular weight is 329 g/mol. The standard InChI is InChI=1S/C16H21ClN2O.ClH/c1-13-7-8-14(17)15(12-13)20-11-5-3-2-4-6-16-18-9-10-19-16;/h7-10,12H,2-6,11H2,1H3,(H,18,19);1H. The monoisotopic (exact) mass is 328 g/mol. The lowest BCUT2D eigenvalue weighted by molar-refractivity contribution is 0.304. The minimum Gasteiger partial charge on any atom is -0.492 e. The van der Waals surface area contributed by atoms with Crippen LogP contribution in [0.1, 0.15) is 37.1 Å². The summed E-state index contributed by atoms with van der Waals surface area (Å²) < 4.78 is 5.72. The summed E-state index contributed by atoms with van der Waals surface area (Å²) >= 11 is 6.08. The molecule has 1 aromatic carbocycles. The fourth-order valence-corrected chi connectivity index (χ4v) is 2.26. The Labute approximate surface area is 137 Å². The number of unbranched alkanes of at least 4 members (excludes halogenated alkanes) is 3. The van der Waals surface area contributed by atoms with Crippen molar-refractivity contribution in [1.82, 2.24) is 9.97 Å². The number of nitrogens with one attached hydrogen (secondary N) is 1. The minimum atomic E-state index is 0. The molecule has 1 heterocycles. The van der Waals surface area contributed by atoms with Gasteiger partial charge in [-0.3, -0.25) is 0 Å². The SMILES string of the molecule is Cc1ccc(Cl)c(OCCCCCCc2ncc[nH]2)c1.Cl. The normalized spacial score (nSPS) is 10.2. The summed E-state index contributed by atoms with van der Waals surface area (Å²) in [4.78, 5) is 7.33. The summed E-state index contributed by atoms with van der Waals surface area (Å²) in [5, 5.41) is 0.688. The van der Waals surface area contributed by atoms with Gasteiger partial charge < -0.3 is 9.72 Å². The predicted molar refractivity (Wildman–Crippen MR) is 89.7 cm³/mol. The molecular weight excluding hydrogens is 307 g/mol. The van der Waals surface area contributed by atoms with Crippen LogP contribution in [0.3, 0.4) is 0 Å². The van der Waals surface area contributed by atoms with Gasteiger partial charge in [-0.15, -0.1) is 12.4 Å². The van der Waals surface area contributed by atoms with Gasteiger partial charge in [0.05, 0.1) is 11.6 Å². The molecule has 2 aromatic rings. The highest BCUT2D eigenvalue weighted by atomic mass is 35.5. The molecule has 1 aromatic heterocycles. The fourth-order valence-electron chi connectivity index (χ4n) is 2.09. The largest absolute Gasteiger partial charge is 0.492 e. The number of rotatable bonds is 8. The van der Waals surface area contributed by atoms with Crippen LogP contribution in [0.4, 0.5) is 0 Å². The number of hydrogen-bond donors (Lipinski definition) is 1. The van der Waals surface area contributed by atoms with Crippen molar-refractivity contribution in [3.05, 3.63) is 47.0 Å². The zero-order chi connectivity index (χ0) is 14.2. The Morgan fingerprint density at radius 1 is 1.19 bits per heavy atom. The maximum absolute atomic E-state index is 6.08. The number of ether oxygens (including phenoxy) is 1. The maximum Gasteiger partial charge on any atom is 0.138 e. The molecule has 3 nitrogen and oxygen atoms in total. The number of nitrogens with zero attached hydrogens (tertiary/aromatic N) is 1. The Balaban J connectivity index is 0.00000220. The van der Waals surface area contributed by atoms with E-state index in [-0.39, 0.29) is 12.4 Å². The Hall–Kier alpha value is -1.19. The molecule has 116 valence electrons. The molecule has 1 N–H and O–H groups in total. The third-order valence-corrected chi connectivity index (χ3v) is 3.52. The number of imidazole rings is 1. The van der Waals surface area contributed by atoms with E-state index in [9.17, 15) is 0 Å². The summed E-state index contributed by atoms with van der Waals surface area (Å²) in [7, 11) is 0. The summed E-state index contributed by atoms with van der Waals surface area (Å²) in [5.41, 5.74) is 1.17. The van der Waals surface area contributed by atoms with E-state index in [2.05, 4.69) is 9.97 Å². The Morgan fingerprint density at radius 2 is 2.00 bits per heavy atom. The van der Waals surface area contributed by atoms with E-state index in [4.69, 9.17) is 16.3 Å². The summed E-state index contributed by atoms with van der Waals surface area (Å²) in [6.07, 6.45) is 9.29. The molecule has 2 rings (SSSR count). The van der Waals surface area contributed by atoms with E-state index in [1.807, 2.05) is 31.3 Å². The zero-order valence-corrected chi connectivity index (χ0v) is 13.8. The molecule has 0 radical (unpaired) electrons. The molecule has 0 amide bonds. The maximum atomic E-state index is 6.08. The summed E-state index contributed by atoms with van der Waals surface area (Å²) in [5.74, 6) is 1.87. The summed E-state index contributed by atoms with van der Waals surface area (Å²) in [6.45, 7) is 2.77. The lowest BCUT2D eigenvalue weighted by atomic mass is 10.1. The van der Waals surface area contributed by atoms with E-state index < -0.39 is 0 Å². The molecule has 0 aliphatic rings. The molecule has 0 aliphatic heterocycles. The molecule has 5 heteroatoms. The van der Waals surface area contributed by atoms with Gasteiger partial charge in [0.15, 0.2) is 0 Å². The van der Waals surface area contributed by atoms with Crippen molar-refractivity contribution in [2.24, 2.45) is 0 Å². The Morgan fingerprint density at radius 3 is 2.76 bits per heavy atom. The number of aromatic amines is 1. The van der Waals surface area contributed by atoms with Crippen molar-refractivity contribution in [3.8, 4) is 5.75 Å². The molecule has 0 atom stereocenters. The van der Waals surface area contributed by atoms with Crippen molar-refractivity contribution in [3.63, 3.8) is 0 Å². The number of aromatic nitrogens is 2. The number of aryl methyl sites for hydroxylation is 2. The van der Waals surface area contributed by atoms with Gasteiger partial charge >= 0.3 is 0 Å². The van der Waals surface area contributed by atoms with E-state index >= 15 is 0 Å². The lowest BCUT2D eigenvalue weighted by Crippen LogP contribution is -1.98. The van der Waals surface area contributed by atoms with Gasteiger partial charge in [0.2, 0.25) is 0 Å². The van der Waals surface area contributed by atoms with E-state index in [1.165, 1.54) is 24.8 Å². The van der Waals surface area contributed by atoms with Crippen LogP contribution in [0.25, 0.3) is 0 Å². The van der Waals surface area contributed by atoms with Crippen LogP contribution in [0.15, 0.2) is 30.6 Å². The third-order valence-electron chi connectivity index (χ3n) is 3.21. The van der Waals surface area contributed by atoms with Gasteiger partial charge in [0.25, 0.3) is 0 Å². The number of halogens is 2. The van der Waals surface area contributed by atoms with Crippen LogP contribution in [0, 0.1) is 6.92 Å². The topological polar surface area (TPSA) is 37.9 Å². The zero-order valence-electron chi connectivity index (χ0n) is 12.3. The molecule has 0 saturated carbocycles. The van der Waals surface area contributed by atoms with Crippen LogP contribution in [-0.4, -0.2) is 16.6 Å². The molecule has 0 spiro atoms. The predicted octanol–water partition coefficient (Wildman–Crippen LogP) is 4.98. The average Bonchev–Trinajstić information content (AvgIpc) is 2.94. The van der Waals surface area contributed by atoms with Gasteiger partial charge in [-0.05, 0) is 37.5 Å². The Kier molecular flexibility index (Phi) is 8.24. The second kappa shape index (κ2) is 9.69. The number of benzene rings is 1. The third kappa shape index (κ3) is 6.40. The van der Waals surface area contributed by atoms with Gasteiger partial charge in [0.1, 0.15) is 11.6 Å². The van der Waals surface area contributed by atoms with Crippen LogP contribution >= 0.6 is 24.0 Å². The van der Waals surface area contributed by atoms with Gasteiger partial charge in [-0.25, -0.2) is 4.98 Å². The van der Waals surface area contributed by atoms with E-state index in [0.29, 0.717) is 5.02 Å². The van der Waals surface area contributed by atoms with Gasteiger partial charge in [-0.2, -0.15) is 0 Å². The molecule has 0 saturated heterocycles. The quantitative estimate of drug-likeness (QED) is 0.694. The smallest absolute Gasteiger partial charge is 0.138 e. The molecule has 21 heavy (non-hydrogen) atoms. The highest BCUT2D eigenvalue weighted by molar-refractivity contribution is 6.32. The van der Waals surface area contributed by atoms with Crippen molar-refractivity contribution < 1.29 is 4.74 Å². The molecule has 0 unspecified atom stereocenters. The van der Waals surface area contributed by atoms with Gasteiger partial charge in [-0.1, -0.05) is 30.5 Å². The fraction of sp³-hybridized carbons (Fsp3) is 0.438. The minimum absolute atomic E-state index is 0. The first-order chi connectivity index (χ1) is 9.75. The first kappa shape index (κ1) is 17.9. The molecule has 0 fully saturated rings. The van der Waals surface area contributed by atoms with Crippen molar-refractivity contribution in [2.75, 3.05) is 6.61 Å². The highest BCUT2D eigenvalue weighted by Crippen LogP contribution is 2.25. The number of hydrogen-bond acceptors (Lipinski definition) is 2. The molecule has 0 aliphatic carbocycles. The van der Waals surface area contributed by atoms with Crippen LogP contribution < -0.4 is 4.74 Å². The Bertz CT molecular complexity index is 515. The molecular formula is C16H22Cl2N2O. The lowest BCUT2D eigenvalue weighted by Gasteiger charge is -2.08. The van der Waals surface area contributed by atoms with Crippen LogP contribution in [0.2, 0.25) is 5.02 Å². The number of H-pyrrole nitrogens is 1. The van der Waals surface area contributed by atoms with Crippen LogP contribution in [-0.2, 0) is 6.42 Å². The van der Waals surface area contributed by atoms with Crippen molar-refractivity contribution in [1.29, 1.82) is 0 Å². The van der Waals surface area contributed by atoms with Crippen LogP contribution in [0.5, 0.6) is 5.75 Å². The molecule has 0 bridgehead atoms. The first-order valence-electron chi connectivity index (χ1n) is 7.13. The van der Waals surface area contributed by atoms with E-state index in [1.54, 1.807) is 6.20 Å². The second-order valence-electron chi connectivity index (χ2n) is 4.98. The van der Waals surface area contributed by atoms with Crippen molar-refractivity contribution >= 4 is 24.0 Å². The van der Waals surface area contributed by atoms with E-state index in [0.717, 1.165) is 31.0 Å². The summed E-state index contributed by atoms with van der Waals surface area (Å²) in [6, 6.07) is 5.86. The van der Waals surface area contributed by atoms with Crippen molar-refractivity contribution in [2.45, 2.75) is 39.0 Å².